The maximum Gasteiger partial charge on any atom is 0.122 e. The van der Waals surface area contributed by atoms with Crippen LogP contribution >= 0.6 is 0 Å². The molecular formula is C15H23NO2. The van der Waals surface area contributed by atoms with Crippen LogP contribution in [0.1, 0.15) is 37.7 Å². The fraction of sp³-hybridized carbons (Fsp3) is 0.600. The van der Waals surface area contributed by atoms with Crippen LogP contribution in [0, 0.1) is 0 Å². The SMILES string of the molecule is COc1ccc(OC)c(C(C)CCNC2CC2)c1. The molecular weight excluding hydrogens is 226 g/mol. The molecule has 0 radical (unpaired) electrons. The molecule has 100 valence electrons. The van der Waals surface area contributed by atoms with E-state index in [1.54, 1.807) is 14.2 Å². The van der Waals surface area contributed by atoms with Crippen LogP contribution in [0.4, 0.5) is 0 Å². The van der Waals surface area contributed by atoms with E-state index in [1.807, 2.05) is 12.1 Å². The molecule has 0 amide bonds. The zero-order valence-electron chi connectivity index (χ0n) is 11.5. The third kappa shape index (κ3) is 3.39. The summed E-state index contributed by atoms with van der Waals surface area (Å²) in [4.78, 5) is 0. The quantitative estimate of drug-likeness (QED) is 0.806. The number of methoxy groups -OCH3 is 2. The van der Waals surface area contributed by atoms with Gasteiger partial charge in [0.05, 0.1) is 14.2 Å². The van der Waals surface area contributed by atoms with E-state index < -0.39 is 0 Å². The summed E-state index contributed by atoms with van der Waals surface area (Å²) in [6.45, 7) is 3.32. The van der Waals surface area contributed by atoms with Gasteiger partial charge in [0.1, 0.15) is 11.5 Å². The Morgan fingerprint density at radius 3 is 2.67 bits per heavy atom. The first-order valence-corrected chi connectivity index (χ1v) is 6.70. The number of ether oxygens (including phenoxy) is 2. The molecule has 1 aliphatic carbocycles. The molecule has 18 heavy (non-hydrogen) atoms. The zero-order valence-corrected chi connectivity index (χ0v) is 11.5. The first-order chi connectivity index (χ1) is 8.74. The van der Waals surface area contributed by atoms with E-state index in [2.05, 4.69) is 18.3 Å². The first-order valence-electron chi connectivity index (χ1n) is 6.70. The molecule has 1 unspecified atom stereocenters. The zero-order chi connectivity index (χ0) is 13.0. The molecule has 1 N–H and O–H groups in total. The maximum atomic E-state index is 5.43. The maximum absolute atomic E-state index is 5.43. The summed E-state index contributed by atoms with van der Waals surface area (Å²) in [7, 11) is 3.42. The second-order valence-corrected chi connectivity index (χ2v) is 5.03. The van der Waals surface area contributed by atoms with Crippen LogP contribution in [-0.2, 0) is 0 Å². The van der Waals surface area contributed by atoms with Crippen molar-refractivity contribution in [2.75, 3.05) is 20.8 Å². The Balaban J connectivity index is 1.98. The summed E-state index contributed by atoms with van der Waals surface area (Å²) < 4.78 is 10.7. The van der Waals surface area contributed by atoms with Gasteiger partial charge in [0.25, 0.3) is 0 Å². The fourth-order valence-corrected chi connectivity index (χ4v) is 2.17. The number of benzene rings is 1. The molecule has 1 atom stereocenters. The largest absolute Gasteiger partial charge is 0.497 e. The molecule has 1 aromatic rings. The lowest BCUT2D eigenvalue weighted by atomic mass is 9.96. The van der Waals surface area contributed by atoms with E-state index in [0.29, 0.717) is 5.92 Å². The van der Waals surface area contributed by atoms with Gasteiger partial charge in [-0.25, -0.2) is 0 Å². The van der Waals surface area contributed by atoms with E-state index in [1.165, 1.54) is 18.4 Å². The van der Waals surface area contributed by atoms with Gasteiger partial charge >= 0.3 is 0 Å². The summed E-state index contributed by atoms with van der Waals surface area (Å²) in [5.74, 6) is 2.32. The molecule has 0 aromatic heterocycles. The van der Waals surface area contributed by atoms with Crippen molar-refractivity contribution in [1.29, 1.82) is 0 Å². The van der Waals surface area contributed by atoms with Crippen LogP contribution in [0.2, 0.25) is 0 Å². The average molecular weight is 249 g/mol. The topological polar surface area (TPSA) is 30.5 Å². The third-order valence-corrected chi connectivity index (χ3v) is 3.56. The molecule has 1 aliphatic rings. The van der Waals surface area contributed by atoms with Crippen LogP contribution in [0.25, 0.3) is 0 Å². The van der Waals surface area contributed by atoms with Crippen LogP contribution in [-0.4, -0.2) is 26.8 Å². The van der Waals surface area contributed by atoms with Gasteiger partial charge in [-0.3, -0.25) is 0 Å². The van der Waals surface area contributed by atoms with Crippen molar-refractivity contribution in [3.05, 3.63) is 23.8 Å². The highest BCUT2D eigenvalue weighted by Crippen LogP contribution is 2.32. The van der Waals surface area contributed by atoms with Crippen molar-refractivity contribution in [2.24, 2.45) is 0 Å². The predicted octanol–water partition coefficient (Wildman–Crippen LogP) is 2.95. The Morgan fingerprint density at radius 1 is 1.28 bits per heavy atom. The van der Waals surface area contributed by atoms with Crippen molar-refractivity contribution in [3.8, 4) is 11.5 Å². The number of hydrogen-bond acceptors (Lipinski definition) is 3. The second-order valence-electron chi connectivity index (χ2n) is 5.03. The molecule has 1 fully saturated rings. The molecule has 1 aromatic carbocycles. The molecule has 1 saturated carbocycles. The Labute approximate surface area is 109 Å². The standard InChI is InChI=1S/C15H23NO2/c1-11(8-9-16-12-4-5-12)14-10-13(17-2)6-7-15(14)18-3/h6-7,10-12,16H,4-5,8-9H2,1-3H3. The Bertz CT molecular complexity index is 388. The van der Waals surface area contributed by atoms with E-state index in [0.717, 1.165) is 30.5 Å². The van der Waals surface area contributed by atoms with Gasteiger partial charge in [0.2, 0.25) is 0 Å². The normalized spacial score (nSPS) is 16.4. The summed E-state index contributed by atoms with van der Waals surface area (Å²) in [6, 6.07) is 6.79. The van der Waals surface area contributed by atoms with Gasteiger partial charge in [-0.1, -0.05) is 6.92 Å². The molecule has 3 nitrogen and oxygen atoms in total. The Hall–Kier alpha value is -1.22. The Kier molecular flexibility index (Phi) is 4.48. The summed E-state index contributed by atoms with van der Waals surface area (Å²) in [5.41, 5.74) is 1.23. The lowest BCUT2D eigenvalue weighted by molar-refractivity contribution is 0.394. The van der Waals surface area contributed by atoms with Gasteiger partial charge < -0.3 is 14.8 Å². The smallest absolute Gasteiger partial charge is 0.122 e. The predicted molar refractivity (Wildman–Crippen MR) is 73.6 cm³/mol. The number of rotatable bonds is 7. The van der Waals surface area contributed by atoms with E-state index in [4.69, 9.17) is 9.47 Å². The van der Waals surface area contributed by atoms with Gasteiger partial charge in [0, 0.05) is 11.6 Å². The van der Waals surface area contributed by atoms with Crippen molar-refractivity contribution in [3.63, 3.8) is 0 Å². The van der Waals surface area contributed by atoms with E-state index in [9.17, 15) is 0 Å². The fourth-order valence-electron chi connectivity index (χ4n) is 2.17. The van der Waals surface area contributed by atoms with Gasteiger partial charge in [-0.15, -0.1) is 0 Å². The summed E-state index contributed by atoms with van der Waals surface area (Å²) >= 11 is 0. The van der Waals surface area contributed by atoms with Crippen LogP contribution in [0.3, 0.4) is 0 Å². The number of nitrogens with one attached hydrogen (secondary N) is 1. The average Bonchev–Trinajstić information content (AvgIpc) is 3.22. The number of hydrogen-bond donors (Lipinski definition) is 1. The monoisotopic (exact) mass is 249 g/mol. The van der Waals surface area contributed by atoms with Crippen LogP contribution < -0.4 is 14.8 Å². The second kappa shape index (κ2) is 6.10. The summed E-state index contributed by atoms with van der Waals surface area (Å²) in [5, 5.41) is 3.55. The van der Waals surface area contributed by atoms with E-state index >= 15 is 0 Å². The minimum absolute atomic E-state index is 0.473. The molecule has 0 saturated heterocycles. The first kappa shape index (κ1) is 13.2. The van der Waals surface area contributed by atoms with Crippen molar-refractivity contribution >= 4 is 0 Å². The highest BCUT2D eigenvalue weighted by Gasteiger charge is 2.20. The van der Waals surface area contributed by atoms with Gasteiger partial charge in [-0.2, -0.15) is 0 Å². The van der Waals surface area contributed by atoms with Crippen molar-refractivity contribution < 1.29 is 9.47 Å². The van der Waals surface area contributed by atoms with Gasteiger partial charge in [-0.05, 0) is 49.9 Å². The van der Waals surface area contributed by atoms with Crippen LogP contribution in [0.5, 0.6) is 11.5 Å². The lowest BCUT2D eigenvalue weighted by Crippen LogP contribution is -2.19. The van der Waals surface area contributed by atoms with E-state index in [-0.39, 0.29) is 0 Å². The lowest BCUT2D eigenvalue weighted by Gasteiger charge is -2.17. The molecule has 0 heterocycles. The Morgan fingerprint density at radius 2 is 2.06 bits per heavy atom. The van der Waals surface area contributed by atoms with Crippen molar-refractivity contribution in [1.82, 2.24) is 5.32 Å². The summed E-state index contributed by atoms with van der Waals surface area (Å²) in [6.07, 6.45) is 3.81. The van der Waals surface area contributed by atoms with Gasteiger partial charge in [0.15, 0.2) is 0 Å². The molecule has 0 spiro atoms. The minimum Gasteiger partial charge on any atom is -0.497 e. The molecule has 3 heteroatoms. The molecule has 0 aliphatic heterocycles. The third-order valence-electron chi connectivity index (χ3n) is 3.56. The van der Waals surface area contributed by atoms with Crippen molar-refractivity contribution in [2.45, 2.75) is 38.1 Å². The highest BCUT2D eigenvalue weighted by molar-refractivity contribution is 5.42. The van der Waals surface area contributed by atoms with Crippen LogP contribution in [0.15, 0.2) is 18.2 Å². The highest BCUT2D eigenvalue weighted by atomic mass is 16.5. The minimum atomic E-state index is 0.473. The molecule has 2 rings (SSSR count). The molecule has 0 bridgehead atoms.